The molecule has 0 bridgehead atoms. The number of hydrogen-bond acceptors (Lipinski definition) is 1. The summed E-state index contributed by atoms with van der Waals surface area (Å²) < 4.78 is 0. The SMILES string of the molecule is Cc1ccc(CC(=O)c2ccc(Cl)c(Cl)c2)cc1. The van der Waals surface area contributed by atoms with E-state index in [4.69, 9.17) is 23.2 Å². The summed E-state index contributed by atoms with van der Waals surface area (Å²) in [6.45, 7) is 2.02. The summed E-state index contributed by atoms with van der Waals surface area (Å²) in [5, 5.41) is 0.870. The van der Waals surface area contributed by atoms with Crippen molar-refractivity contribution in [2.45, 2.75) is 13.3 Å². The van der Waals surface area contributed by atoms with Crippen molar-refractivity contribution in [1.29, 1.82) is 0 Å². The van der Waals surface area contributed by atoms with Crippen molar-refractivity contribution in [3.05, 3.63) is 69.2 Å². The van der Waals surface area contributed by atoms with Gasteiger partial charge in [0, 0.05) is 12.0 Å². The molecule has 0 heterocycles. The Morgan fingerprint density at radius 2 is 1.67 bits per heavy atom. The highest BCUT2D eigenvalue weighted by molar-refractivity contribution is 6.42. The van der Waals surface area contributed by atoms with Crippen molar-refractivity contribution in [2.75, 3.05) is 0 Å². The lowest BCUT2D eigenvalue weighted by Crippen LogP contribution is -2.03. The molecule has 2 aromatic carbocycles. The van der Waals surface area contributed by atoms with E-state index in [9.17, 15) is 4.79 Å². The minimum atomic E-state index is 0.0393. The number of carbonyl (C=O) groups is 1. The van der Waals surface area contributed by atoms with Gasteiger partial charge in [0.05, 0.1) is 10.0 Å². The molecule has 3 heteroatoms. The summed E-state index contributed by atoms with van der Waals surface area (Å²) in [4.78, 5) is 12.1. The van der Waals surface area contributed by atoms with Crippen molar-refractivity contribution in [1.82, 2.24) is 0 Å². The maximum Gasteiger partial charge on any atom is 0.167 e. The molecule has 0 N–H and O–H groups in total. The lowest BCUT2D eigenvalue weighted by molar-refractivity contribution is 0.0993. The Bertz CT molecular complexity index is 574. The van der Waals surface area contributed by atoms with Gasteiger partial charge in [-0.1, -0.05) is 53.0 Å². The van der Waals surface area contributed by atoms with Gasteiger partial charge < -0.3 is 0 Å². The van der Waals surface area contributed by atoms with Crippen LogP contribution in [0.25, 0.3) is 0 Å². The van der Waals surface area contributed by atoms with E-state index in [2.05, 4.69) is 0 Å². The average Bonchev–Trinajstić information content (AvgIpc) is 2.35. The van der Waals surface area contributed by atoms with Crippen LogP contribution < -0.4 is 0 Å². The average molecular weight is 279 g/mol. The molecule has 0 amide bonds. The highest BCUT2D eigenvalue weighted by atomic mass is 35.5. The van der Waals surface area contributed by atoms with Gasteiger partial charge in [-0.2, -0.15) is 0 Å². The van der Waals surface area contributed by atoms with Gasteiger partial charge in [-0.25, -0.2) is 0 Å². The van der Waals surface area contributed by atoms with E-state index in [1.54, 1.807) is 18.2 Å². The summed E-state index contributed by atoms with van der Waals surface area (Å²) in [6, 6.07) is 12.9. The summed E-state index contributed by atoms with van der Waals surface area (Å²) in [7, 11) is 0. The van der Waals surface area contributed by atoms with Crippen LogP contribution in [0.5, 0.6) is 0 Å². The Morgan fingerprint density at radius 1 is 1.00 bits per heavy atom. The zero-order chi connectivity index (χ0) is 13.1. The van der Waals surface area contributed by atoms with Crippen LogP contribution in [0.2, 0.25) is 10.0 Å². The number of carbonyl (C=O) groups excluding carboxylic acids is 1. The van der Waals surface area contributed by atoms with Gasteiger partial charge in [-0.05, 0) is 30.7 Å². The Kier molecular flexibility index (Phi) is 4.05. The second kappa shape index (κ2) is 5.55. The van der Waals surface area contributed by atoms with Gasteiger partial charge in [-0.15, -0.1) is 0 Å². The molecular weight excluding hydrogens is 267 g/mol. The zero-order valence-electron chi connectivity index (χ0n) is 9.91. The molecule has 0 aromatic heterocycles. The highest BCUT2D eigenvalue weighted by Gasteiger charge is 2.09. The molecule has 0 saturated heterocycles. The van der Waals surface area contributed by atoms with E-state index in [1.807, 2.05) is 31.2 Å². The molecule has 2 aromatic rings. The van der Waals surface area contributed by atoms with Crippen molar-refractivity contribution in [3.8, 4) is 0 Å². The second-order valence-electron chi connectivity index (χ2n) is 4.21. The molecule has 92 valence electrons. The number of hydrogen-bond donors (Lipinski definition) is 0. The van der Waals surface area contributed by atoms with Crippen LogP contribution in [0.15, 0.2) is 42.5 Å². The number of halogens is 2. The largest absolute Gasteiger partial charge is 0.294 e. The molecule has 1 nitrogen and oxygen atoms in total. The van der Waals surface area contributed by atoms with E-state index in [1.165, 1.54) is 5.56 Å². The van der Waals surface area contributed by atoms with Crippen LogP contribution in [0.4, 0.5) is 0 Å². The number of benzene rings is 2. The predicted octanol–water partition coefficient (Wildman–Crippen LogP) is 4.73. The molecular formula is C15H12Cl2O. The molecule has 0 fully saturated rings. The maximum absolute atomic E-state index is 12.1. The number of aryl methyl sites for hydroxylation is 1. The summed E-state index contributed by atoms with van der Waals surface area (Å²) >= 11 is 11.7. The number of rotatable bonds is 3. The lowest BCUT2D eigenvalue weighted by Gasteiger charge is -2.03. The number of ketones is 1. The third-order valence-electron chi connectivity index (χ3n) is 2.73. The molecule has 2 rings (SSSR count). The Morgan fingerprint density at radius 3 is 2.28 bits per heavy atom. The van der Waals surface area contributed by atoms with Crippen LogP contribution >= 0.6 is 23.2 Å². The lowest BCUT2D eigenvalue weighted by atomic mass is 10.0. The molecule has 0 saturated carbocycles. The third kappa shape index (κ3) is 3.12. The van der Waals surface area contributed by atoms with Crippen molar-refractivity contribution in [3.63, 3.8) is 0 Å². The van der Waals surface area contributed by atoms with E-state index >= 15 is 0 Å². The Labute approximate surface area is 116 Å². The molecule has 0 spiro atoms. The molecule has 0 atom stereocenters. The van der Waals surface area contributed by atoms with Gasteiger partial charge in [-0.3, -0.25) is 4.79 Å². The van der Waals surface area contributed by atoms with Crippen molar-refractivity contribution >= 4 is 29.0 Å². The van der Waals surface area contributed by atoms with E-state index in [-0.39, 0.29) is 5.78 Å². The molecule has 18 heavy (non-hydrogen) atoms. The molecule has 0 aliphatic rings. The second-order valence-corrected chi connectivity index (χ2v) is 5.03. The maximum atomic E-state index is 12.1. The van der Waals surface area contributed by atoms with E-state index < -0.39 is 0 Å². The summed E-state index contributed by atoms with van der Waals surface area (Å²) in [5.74, 6) is 0.0393. The number of Topliss-reactive ketones (excluding diaryl/α,β-unsaturated/α-hetero) is 1. The Balaban J connectivity index is 2.16. The summed E-state index contributed by atoms with van der Waals surface area (Å²) in [6.07, 6.45) is 0.373. The van der Waals surface area contributed by atoms with Crippen LogP contribution in [0.3, 0.4) is 0 Å². The van der Waals surface area contributed by atoms with E-state index in [0.29, 0.717) is 22.0 Å². The minimum absolute atomic E-state index is 0.0393. The first kappa shape index (κ1) is 13.1. The fourth-order valence-corrected chi connectivity index (χ4v) is 1.96. The van der Waals surface area contributed by atoms with Crippen molar-refractivity contribution < 1.29 is 4.79 Å². The molecule has 0 radical (unpaired) electrons. The standard InChI is InChI=1S/C15H12Cl2O/c1-10-2-4-11(5-3-10)8-15(18)12-6-7-13(16)14(17)9-12/h2-7,9H,8H2,1H3. The quantitative estimate of drug-likeness (QED) is 0.742. The zero-order valence-corrected chi connectivity index (χ0v) is 11.4. The van der Waals surface area contributed by atoms with Gasteiger partial charge in [0.15, 0.2) is 5.78 Å². The van der Waals surface area contributed by atoms with E-state index in [0.717, 1.165) is 5.56 Å². The normalized spacial score (nSPS) is 10.4. The van der Waals surface area contributed by atoms with Crippen LogP contribution in [-0.4, -0.2) is 5.78 Å². The van der Waals surface area contributed by atoms with Crippen molar-refractivity contribution in [2.24, 2.45) is 0 Å². The fraction of sp³-hybridized carbons (Fsp3) is 0.133. The monoisotopic (exact) mass is 278 g/mol. The first-order valence-corrected chi connectivity index (χ1v) is 6.35. The van der Waals surface area contributed by atoms with Gasteiger partial charge in [0.1, 0.15) is 0 Å². The molecule has 0 aliphatic heterocycles. The first-order valence-electron chi connectivity index (χ1n) is 5.60. The fourth-order valence-electron chi connectivity index (χ4n) is 1.66. The smallest absolute Gasteiger partial charge is 0.167 e. The minimum Gasteiger partial charge on any atom is -0.294 e. The van der Waals surface area contributed by atoms with Gasteiger partial charge in [0.2, 0.25) is 0 Å². The van der Waals surface area contributed by atoms with Crippen LogP contribution in [0, 0.1) is 6.92 Å². The van der Waals surface area contributed by atoms with Gasteiger partial charge >= 0.3 is 0 Å². The third-order valence-corrected chi connectivity index (χ3v) is 3.47. The molecule has 0 unspecified atom stereocenters. The summed E-state index contributed by atoms with van der Waals surface area (Å²) in [5.41, 5.74) is 2.77. The van der Waals surface area contributed by atoms with Gasteiger partial charge in [0.25, 0.3) is 0 Å². The molecule has 0 aliphatic carbocycles. The predicted molar refractivity (Wildman–Crippen MR) is 75.7 cm³/mol. The first-order chi connectivity index (χ1) is 8.56. The van der Waals surface area contributed by atoms with Crippen LogP contribution in [0.1, 0.15) is 21.5 Å². The van der Waals surface area contributed by atoms with Crippen LogP contribution in [-0.2, 0) is 6.42 Å². The highest BCUT2D eigenvalue weighted by Crippen LogP contribution is 2.23. The Hall–Kier alpha value is -1.31. The topological polar surface area (TPSA) is 17.1 Å².